The van der Waals surface area contributed by atoms with E-state index in [1.54, 1.807) is 18.2 Å². The number of allylic oxidation sites excluding steroid dienone is 1. The van der Waals surface area contributed by atoms with Crippen LogP contribution in [0.2, 0.25) is 0 Å². The second-order valence-electron chi connectivity index (χ2n) is 9.42. The van der Waals surface area contributed by atoms with Crippen LogP contribution in [-0.4, -0.2) is 28.8 Å². The van der Waals surface area contributed by atoms with Crippen molar-refractivity contribution in [2.75, 3.05) is 12.0 Å². The third kappa shape index (κ3) is 3.42. The summed E-state index contributed by atoms with van der Waals surface area (Å²) < 4.78 is 12.4. The number of hydrogen-bond donors (Lipinski definition) is 0. The van der Waals surface area contributed by atoms with Crippen LogP contribution in [0.15, 0.2) is 84.3 Å². The lowest BCUT2D eigenvalue weighted by molar-refractivity contribution is -0.420. The first-order chi connectivity index (χ1) is 16.7. The van der Waals surface area contributed by atoms with Crippen molar-refractivity contribution in [2.24, 2.45) is 5.92 Å². The van der Waals surface area contributed by atoms with Crippen LogP contribution in [0.5, 0.6) is 0 Å². The Balaban J connectivity index is 1.61. The Morgan fingerprint density at radius 2 is 1.77 bits per heavy atom. The molecule has 3 unspecified atom stereocenters. The lowest BCUT2D eigenvalue weighted by atomic mass is 9.75. The minimum atomic E-state index is -0.919. The number of methoxy groups -OCH3 is 1. The zero-order valence-electron chi connectivity index (χ0n) is 19.6. The lowest BCUT2D eigenvalue weighted by Gasteiger charge is -2.50. The molecule has 0 saturated heterocycles. The number of nitro benzene ring substituents is 1. The van der Waals surface area contributed by atoms with Crippen molar-refractivity contribution in [3.63, 3.8) is 0 Å². The largest absolute Gasteiger partial charge is 0.498 e. The summed E-state index contributed by atoms with van der Waals surface area (Å²) in [6.45, 7) is 4.68. The topological polar surface area (TPSA) is 108 Å². The Labute approximate surface area is 202 Å². The average molecular weight is 476 g/mol. The summed E-state index contributed by atoms with van der Waals surface area (Å²) in [5.74, 6) is 0.0525. The van der Waals surface area contributed by atoms with Crippen molar-refractivity contribution >= 4 is 11.4 Å². The molecule has 2 aromatic carbocycles. The van der Waals surface area contributed by atoms with Crippen LogP contribution in [0.3, 0.4) is 0 Å². The molecule has 0 bridgehead atoms. The quantitative estimate of drug-likeness (QED) is 0.345. The average Bonchev–Trinajstić information content (AvgIpc) is 3.02. The van der Waals surface area contributed by atoms with Crippen LogP contribution in [0.1, 0.15) is 25.0 Å². The molecule has 0 saturated carbocycles. The maximum absolute atomic E-state index is 11.4. The number of hydrogen-bond acceptors (Lipinski definition) is 7. The van der Waals surface area contributed by atoms with Gasteiger partial charge in [-0.15, -0.1) is 0 Å². The minimum absolute atomic E-state index is 0.0241. The van der Waals surface area contributed by atoms with Crippen molar-refractivity contribution in [1.29, 1.82) is 0 Å². The number of nitro groups is 2. The van der Waals surface area contributed by atoms with Crippen LogP contribution in [0, 0.1) is 26.1 Å². The molecule has 1 aliphatic carbocycles. The number of ether oxygens (including phenoxy) is 2. The normalized spacial score (nSPS) is 26.0. The maximum atomic E-state index is 11.4. The molecule has 180 valence electrons. The smallest absolute Gasteiger partial charge is 0.269 e. The van der Waals surface area contributed by atoms with Gasteiger partial charge < -0.3 is 14.4 Å². The highest BCUT2D eigenvalue weighted by molar-refractivity contribution is 5.68. The van der Waals surface area contributed by atoms with E-state index in [4.69, 9.17) is 9.47 Å². The molecular formula is C26H25N3O6. The van der Waals surface area contributed by atoms with Gasteiger partial charge in [-0.3, -0.25) is 20.2 Å². The Kier molecular flexibility index (Phi) is 5.25. The fraction of sp³-hybridized carbons (Fsp3) is 0.308. The van der Waals surface area contributed by atoms with Gasteiger partial charge in [-0.1, -0.05) is 50.3 Å². The monoisotopic (exact) mass is 475 g/mol. The van der Waals surface area contributed by atoms with Gasteiger partial charge in [0.25, 0.3) is 11.4 Å². The lowest BCUT2D eigenvalue weighted by Crippen LogP contribution is -2.60. The first kappa shape index (κ1) is 22.8. The van der Waals surface area contributed by atoms with Crippen LogP contribution < -0.4 is 4.90 Å². The van der Waals surface area contributed by atoms with Gasteiger partial charge in [0.2, 0.25) is 0 Å². The summed E-state index contributed by atoms with van der Waals surface area (Å²) in [7, 11) is 1.49. The van der Waals surface area contributed by atoms with E-state index in [9.17, 15) is 20.2 Å². The molecule has 0 amide bonds. The summed E-state index contributed by atoms with van der Waals surface area (Å²) in [4.78, 5) is 23.9. The number of anilines is 1. The van der Waals surface area contributed by atoms with E-state index in [0.29, 0.717) is 12.3 Å². The third-order valence-corrected chi connectivity index (χ3v) is 7.23. The highest BCUT2D eigenvalue weighted by atomic mass is 16.6. The molecule has 3 atom stereocenters. The van der Waals surface area contributed by atoms with Crippen molar-refractivity contribution < 1.29 is 19.3 Å². The Morgan fingerprint density at radius 1 is 1.06 bits per heavy atom. The summed E-state index contributed by atoms with van der Waals surface area (Å²) in [6.07, 6.45) is 6.42. The number of fused-ring (bicyclic) bond motifs is 2. The van der Waals surface area contributed by atoms with Gasteiger partial charge in [-0.2, -0.15) is 0 Å². The fourth-order valence-electron chi connectivity index (χ4n) is 5.37. The van der Waals surface area contributed by atoms with Gasteiger partial charge in [-0.05, 0) is 23.3 Å². The third-order valence-electron chi connectivity index (χ3n) is 7.23. The first-order valence-electron chi connectivity index (χ1n) is 11.3. The molecule has 3 aliphatic rings. The highest BCUT2D eigenvalue weighted by Gasteiger charge is 2.60. The number of nitrogens with zero attached hydrogens (tertiary/aromatic N) is 3. The van der Waals surface area contributed by atoms with Gasteiger partial charge >= 0.3 is 0 Å². The molecule has 5 rings (SSSR count). The second-order valence-corrected chi connectivity index (χ2v) is 9.42. The van der Waals surface area contributed by atoms with E-state index in [1.807, 2.05) is 30.4 Å². The van der Waals surface area contributed by atoms with E-state index in [2.05, 4.69) is 24.8 Å². The predicted octanol–water partition coefficient (Wildman–Crippen LogP) is 4.86. The molecule has 2 aromatic rings. The molecule has 0 N–H and O–H groups in total. The van der Waals surface area contributed by atoms with Crippen molar-refractivity contribution in [3.05, 3.63) is 116 Å². The predicted molar refractivity (Wildman–Crippen MR) is 129 cm³/mol. The van der Waals surface area contributed by atoms with Gasteiger partial charge in [0.1, 0.15) is 11.9 Å². The number of benzene rings is 2. The fourth-order valence-corrected chi connectivity index (χ4v) is 5.37. The van der Waals surface area contributed by atoms with Gasteiger partial charge in [-0.25, -0.2) is 0 Å². The standard InChI is InChI=1S/C26H25N3O6/c1-25(2)21-6-4-5-7-22(21)27(16-17-8-10-19(11-9-17)28(30)31)26(25)13-12-18-14-20(29(32)33)15-23(34-3)24(18)35-26/h4-15,18,24H,16H2,1-3H3. The van der Waals surface area contributed by atoms with Crippen molar-refractivity contribution in [2.45, 2.75) is 37.6 Å². The molecule has 2 heterocycles. The van der Waals surface area contributed by atoms with Gasteiger partial charge in [0.15, 0.2) is 5.72 Å². The maximum Gasteiger partial charge on any atom is 0.269 e. The van der Waals surface area contributed by atoms with Crippen molar-refractivity contribution in [3.8, 4) is 0 Å². The van der Waals surface area contributed by atoms with Crippen LogP contribution >= 0.6 is 0 Å². The first-order valence-corrected chi connectivity index (χ1v) is 11.3. The summed E-state index contributed by atoms with van der Waals surface area (Å²) in [6, 6.07) is 14.6. The molecule has 0 fully saturated rings. The molecule has 1 spiro atoms. The number of rotatable bonds is 5. The molecular weight excluding hydrogens is 450 g/mol. The molecule has 9 nitrogen and oxygen atoms in total. The number of para-hydroxylation sites is 1. The molecule has 9 heteroatoms. The van der Waals surface area contributed by atoms with Crippen LogP contribution in [0.4, 0.5) is 11.4 Å². The van der Waals surface area contributed by atoms with Crippen LogP contribution in [0.25, 0.3) is 0 Å². The van der Waals surface area contributed by atoms with Crippen LogP contribution in [-0.2, 0) is 21.4 Å². The SMILES string of the molecule is COC1=CC([N+](=O)[O-])=CC2C=CC3(OC12)N(Cc1ccc([N+](=O)[O-])cc1)c1ccccc1C3(C)C. The van der Waals surface area contributed by atoms with Crippen molar-refractivity contribution in [1.82, 2.24) is 0 Å². The van der Waals surface area contributed by atoms with Gasteiger partial charge in [0, 0.05) is 41.8 Å². The Morgan fingerprint density at radius 3 is 2.43 bits per heavy atom. The second kappa shape index (κ2) is 8.06. The molecule has 0 radical (unpaired) electrons. The molecule has 0 aromatic heterocycles. The highest BCUT2D eigenvalue weighted by Crippen LogP contribution is 2.56. The molecule has 2 aliphatic heterocycles. The summed E-state index contributed by atoms with van der Waals surface area (Å²) in [5, 5.41) is 22.5. The Hall–Kier alpha value is -3.98. The zero-order valence-corrected chi connectivity index (χ0v) is 19.6. The molecule has 35 heavy (non-hydrogen) atoms. The van der Waals surface area contributed by atoms with E-state index in [-0.39, 0.29) is 17.3 Å². The summed E-state index contributed by atoms with van der Waals surface area (Å²) >= 11 is 0. The van der Waals surface area contributed by atoms with E-state index < -0.39 is 27.1 Å². The van der Waals surface area contributed by atoms with E-state index in [0.717, 1.165) is 16.8 Å². The zero-order chi connectivity index (χ0) is 25.0. The van der Waals surface area contributed by atoms with E-state index in [1.165, 1.54) is 25.3 Å². The minimum Gasteiger partial charge on any atom is -0.498 e. The van der Waals surface area contributed by atoms with E-state index >= 15 is 0 Å². The summed E-state index contributed by atoms with van der Waals surface area (Å²) in [5.41, 5.74) is 1.60. The Bertz CT molecular complexity index is 1300. The number of non-ortho nitro benzene ring substituents is 1. The van der Waals surface area contributed by atoms with Gasteiger partial charge in [0.05, 0.1) is 23.0 Å².